The molecule has 2 unspecified atom stereocenters. The Balaban J connectivity index is 1.22. The summed E-state index contributed by atoms with van der Waals surface area (Å²) in [4.78, 5) is 22.9. The summed E-state index contributed by atoms with van der Waals surface area (Å²) in [5, 5.41) is 3.97. The molecule has 1 aliphatic carbocycles. The molecule has 1 amide bonds. The fraction of sp³-hybridized carbons (Fsp3) is 0.289. The van der Waals surface area contributed by atoms with E-state index in [-0.39, 0.29) is 48.0 Å². The van der Waals surface area contributed by atoms with Crippen LogP contribution in [0.4, 0.5) is 22.0 Å². The van der Waals surface area contributed by atoms with Gasteiger partial charge in [-0.15, -0.1) is 0 Å². The second-order valence-electron chi connectivity index (χ2n) is 13.5. The van der Waals surface area contributed by atoms with Crippen molar-refractivity contribution < 1.29 is 41.0 Å². The number of benzene rings is 3. The van der Waals surface area contributed by atoms with Gasteiger partial charge in [0, 0.05) is 46.8 Å². The number of alkyl halides is 3. The number of carbonyl (C=O) groups is 1. The third kappa shape index (κ3) is 6.30. The predicted octanol–water partition coefficient (Wildman–Crippen LogP) is 7.68. The Morgan fingerprint density at radius 2 is 1.85 bits per heavy atom. The zero-order valence-corrected chi connectivity index (χ0v) is 28.2. The predicted molar refractivity (Wildman–Crippen MR) is 181 cm³/mol. The lowest BCUT2D eigenvalue weighted by Crippen LogP contribution is -2.34. The number of hydrogen-bond acceptors (Lipinski definition) is 7. The van der Waals surface area contributed by atoms with Gasteiger partial charge in [-0.2, -0.15) is 13.2 Å². The number of nitrogens with zero attached hydrogens (tertiary/aromatic N) is 2. The van der Waals surface area contributed by atoms with Crippen LogP contribution in [-0.4, -0.2) is 47.5 Å². The standard InChI is InChI=1S/C38H30ClF5N4O4/c1-37(34-35(45)52-34)17-50-33-26(37)13-29(48-32(33)23-12-25(38(42,43)44)28(41)14-27(23)40)24(18-5-3-2-4-6-18)16-47-36(49)20-9-19-10-21(39)15-46-31(19)30(11-20)51-22-7-8-22/h2-6,9-15,22,24,34-35H,7-8,16-17,45H2,1H3,(H,47,49)/t24-,34?,35?,37-/m0/s1. The summed E-state index contributed by atoms with van der Waals surface area (Å²) in [7, 11) is 0. The molecule has 0 bridgehead atoms. The van der Waals surface area contributed by atoms with Crippen molar-refractivity contribution in [3.8, 4) is 22.8 Å². The minimum absolute atomic E-state index is 0.0204. The first-order valence-electron chi connectivity index (χ1n) is 16.5. The normalized spacial score (nSPS) is 21.4. The van der Waals surface area contributed by atoms with Crippen LogP contribution in [0.25, 0.3) is 22.2 Å². The first kappa shape index (κ1) is 34.2. The fourth-order valence-electron chi connectivity index (χ4n) is 6.76. The molecule has 8 rings (SSSR count). The number of rotatable bonds is 9. The van der Waals surface area contributed by atoms with Crippen molar-refractivity contribution in [2.75, 3.05) is 13.2 Å². The number of epoxide rings is 1. The van der Waals surface area contributed by atoms with E-state index in [1.165, 1.54) is 6.20 Å². The maximum Gasteiger partial charge on any atom is 0.419 e. The number of halogens is 6. The molecule has 1 saturated carbocycles. The Hall–Kier alpha value is -4.85. The van der Waals surface area contributed by atoms with Crippen molar-refractivity contribution in [1.29, 1.82) is 0 Å². The van der Waals surface area contributed by atoms with Crippen LogP contribution < -0.4 is 20.5 Å². The van der Waals surface area contributed by atoms with E-state index in [0.717, 1.165) is 12.8 Å². The topological polar surface area (TPSA) is 112 Å². The Bertz CT molecular complexity index is 2240. The molecule has 4 heterocycles. The van der Waals surface area contributed by atoms with E-state index in [2.05, 4.69) is 10.3 Å². The SMILES string of the molecule is C[C@]1(C2OC2N)COc2c1cc([C@@H](CNC(=O)c1cc(OC3CC3)c3ncc(Cl)cc3c1)c1ccccc1)nc2-c1cc(C(F)(F)F)c(F)cc1F. The third-order valence-electron chi connectivity index (χ3n) is 9.72. The number of fused-ring (bicyclic) bond motifs is 2. The van der Waals surface area contributed by atoms with E-state index in [4.69, 9.17) is 36.5 Å². The second-order valence-corrected chi connectivity index (χ2v) is 13.9. The van der Waals surface area contributed by atoms with Gasteiger partial charge < -0.3 is 25.3 Å². The molecule has 5 aromatic rings. The molecule has 0 radical (unpaired) electrons. The largest absolute Gasteiger partial charge is 0.490 e. The average molecular weight is 737 g/mol. The summed E-state index contributed by atoms with van der Waals surface area (Å²) in [5.74, 6) is -3.67. The summed E-state index contributed by atoms with van der Waals surface area (Å²) >= 11 is 6.22. The van der Waals surface area contributed by atoms with Gasteiger partial charge in [0.2, 0.25) is 0 Å². The lowest BCUT2D eigenvalue weighted by atomic mass is 9.79. The Labute approximate surface area is 299 Å². The molecule has 0 spiro atoms. The number of pyridine rings is 2. The molecule has 1 saturated heterocycles. The zero-order chi connectivity index (χ0) is 36.5. The number of nitrogens with one attached hydrogen (secondary N) is 1. The van der Waals surface area contributed by atoms with Crippen molar-refractivity contribution >= 4 is 28.4 Å². The molecule has 3 aromatic carbocycles. The molecular weight excluding hydrogens is 707 g/mol. The molecule has 268 valence electrons. The number of amides is 1. The molecule has 2 aromatic heterocycles. The summed E-state index contributed by atoms with van der Waals surface area (Å²) in [6.45, 7) is 1.82. The second kappa shape index (κ2) is 12.7. The van der Waals surface area contributed by atoms with Gasteiger partial charge in [-0.25, -0.2) is 13.8 Å². The zero-order valence-electron chi connectivity index (χ0n) is 27.4. The van der Waals surface area contributed by atoms with Gasteiger partial charge in [0.15, 0.2) is 0 Å². The monoisotopic (exact) mass is 736 g/mol. The molecule has 14 heteroatoms. The molecule has 3 aliphatic rings. The molecule has 2 aliphatic heterocycles. The van der Waals surface area contributed by atoms with Crippen molar-refractivity contribution in [3.63, 3.8) is 0 Å². The van der Waals surface area contributed by atoms with Crippen LogP contribution in [-0.2, 0) is 16.3 Å². The average Bonchev–Trinajstić information content (AvgIpc) is 4.04. The fourth-order valence-corrected chi connectivity index (χ4v) is 6.92. The lowest BCUT2D eigenvalue weighted by Gasteiger charge is -2.24. The number of hydrogen-bond donors (Lipinski definition) is 2. The van der Waals surface area contributed by atoms with Gasteiger partial charge in [0.05, 0.1) is 27.8 Å². The van der Waals surface area contributed by atoms with Crippen LogP contribution >= 0.6 is 11.6 Å². The van der Waals surface area contributed by atoms with Crippen LogP contribution in [0.3, 0.4) is 0 Å². The smallest absolute Gasteiger partial charge is 0.419 e. The van der Waals surface area contributed by atoms with Crippen LogP contribution in [0.2, 0.25) is 5.02 Å². The molecule has 52 heavy (non-hydrogen) atoms. The Kier molecular flexibility index (Phi) is 8.35. The highest BCUT2D eigenvalue weighted by Gasteiger charge is 2.56. The van der Waals surface area contributed by atoms with Crippen molar-refractivity contribution in [2.45, 2.75) is 55.7 Å². The van der Waals surface area contributed by atoms with Gasteiger partial charge in [-0.1, -0.05) is 41.9 Å². The van der Waals surface area contributed by atoms with E-state index in [1.54, 1.807) is 42.5 Å². The summed E-state index contributed by atoms with van der Waals surface area (Å²) in [5.41, 5.74) is 5.01. The van der Waals surface area contributed by atoms with E-state index in [9.17, 15) is 22.4 Å². The molecular formula is C38H30ClF5N4O4. The highest BCUT2D eigenvalue weighted by Crippen LogP contribution is 2.52. The maximum atomic E-state index is 15.5. The number of ether oxygens (including phenoxy) is 3. The van der Waals surface area contributed by atoms with Crippen LogP contribution in [0.5, 0.6) is 11.5 Å². The maximum absolute atomic E-state index is 15.5. The highest BCUT2D eigenvalue weighted by molar-refractivity contribution is 6.31. The summed E-state index contributed by atoms with van der Waals surface area (Å²) in [6.07, 6.45) is -2.91. The van der Waals surface area contributed by atoms with E-state index < -0.39 is 58.5 Å². The van der Waals surface area contributed by atoms with E-state index in [1.807, 2.05) is 19.1 Å². The molecule has 8 nitrogen and oxygen atoms in total. The van der Waals surface area contributed by atoms with Gasteiger partial charge >= 0.3 is 6.18 Å². The lowest BCUT2D eigenvalue weighted by molar-refractivity contribution is -0.140. The van der Waals surface area contributed by atoms with Crippen LogP contribution in [0.1, 0.15) is 58.4 Å². The number of aromatic nitrogens is 2. The van der Waals surface area contributed by atoms with Gasteiger partial charge in [-0.3, -0.25) is 9.78 Å². The molecule has 3 N–H and O–H groups in total. The molecule has 4 atom stereocenters. The van der Waals surface area contributed by atoms with Crippen molar-refractivity contribution in [1.82, 2.24) is 15.3 Å². The first-order chi connectivity index (χ1) is 24.8. The minimum Gasteiger partial charge on any atom is -0.490 e. The number of nitrogens with two attached hydrogens (primary N) is 1. The van der Waals surface area contributed by atoms with Gasteiger partial charge in [0.25, 0.3) is 5.91 Å². The Morgan fingerprint density at radius 3 is 2.54 bits per heavy atom. The van der Waals surface area contributed by atoms with Gasteiger partial charge in [0.1, 0.15) is 53.3 Å². The summed E-state index contributed by atoms with van der Waals surface area (Å²) < 4.78 is 89.3. The summed E-state index contributed by atoms with van der Waals surface area (Å²) in [6, 6.07) is 16.3. The first-order valence-corrected chi connectivity index (χ1v) is 16.9. The van der Waals surface area contributed by atoms with Crippen molar-refractivity contribution in [2.24, 2.45) is 5.73 Å². The van der Waals surface area contributed by atoms with Crippen LogP contribution in [0, 0.1) is 11.6 Å². The third-order valence-corrected chi connectivity index (χ3v) is 9.92. The Morgan fingerprint density at radius 1 is 1.10 bits per heavy atom. The minimum atomic E-state index is -5.11. The number of carbonyl (C=O) groups excluding carboxylic acids is 1. The molecule has 2 fully saturated rings. The highest BCUT2D eigenvalue weighted by atomic mass is 35.5. The van der Waals surface area contributed by atoms with Crippen LogP contribution in [0.15, 0.2) is 72.9 Å². The quantitative estimate of drug-likeness (QED) is 0.118. The van der Waals surface area contributed by atoms with Gasteiger partial charge in [-0.05, 0) is 55.7 Å². The van der Waals surface area contributed by atoms with Crippen molar-refractivity contribution in [3.05, 3.63) is 118 Å². The van der Waals surface area contributed by atoms with E-state index >= 15 is 4.39 Å². The van der Waals surface area contributed by atoms with E-state index in [0.29, 0.717) is 38.9 Å².